The van der Waals surface area contributed by atoms with E-state index in [0.29, 0.717) is 24.4 Å². The molecular weight excluding hydrogens is 303 g/mol. The molecule has 3 nitrogen and oxygen atoms in total. The molecular formula is C14H21ClF3N3. The lowest BCUT2D eigenvalue weighted by Gasteiger charge is -2.36. The van der Waals surface area contributed by atoms with Crippen molar-refractivity contribution in [1.82, 2.24) is 9.78 Å². The van der Waals surface area contributed by atoms with Crippen LogP contribution in [0.2, 0.25) is 5.15 Å². The molecule has 0 spiro atoms. The van der Waals surface area contributed by atoms with Gasteiger partial charge in [0.25, 0.3) is 0 Å². The Kier molecular flexibility index (Phi) is 4.88. The highest BCUT2D eigenvalue weighted by Gasteiger charge is 2.47. The van der Waals surface area contributed by atoms with Crippen LogP contribution in [-0.4, -0.2) is 22.0 Å². The van der Waals surface area contributed by atoms with Crippen LogP contribution in [0.25, 0.3) is 0 Å². The highest BCUT2D eigenvalue weighted by Crippen LogP contribution is 2.43. The Labute approximate surface area is 127 Å². The van der Waals surface area contributed by atoms with Gasteiger partial charge >= 0.3 is 6.18 Å². The van der Waals surface area contributed by atoms with E-state index >= 15 is 0 Å². The molecule has 1 heterocycles. The molecule has 3 unspecified atom stereocenters. The molecule has 1 aromatic heterocycles. The van der Waals surface area contributed by atoms with Gasteiger partial charge in [0.15, 0.2) is 0 Å². The average molecular weight is 324 g/mol. The van der Waals surface area contributed by atoms with E-state index in [1.54, 1.807) is 14.0 Å². The van der Waals surface area contributed by atoms with E-state index in [1.807, 2.05) is 0 Å². The zero-order chi connectivity index (χ0) is 15.8. The fourth-order valence-electron chi connectivity index (χ4n) is 3.37. The van der Waals surface area contributed by atoms with Crippen molar-refractivity contribution in [3.8, 4) is 0 Å². The number of alkyl halides is 3. The van der Waals surface area contributed by atoms with E-state index in [4.69, 9.17) is 17.3 Å². The minimum atomic E-state index is -4.17. The molecule has 0 amide bonds. The lowest BCUT2D eigenvalue weighted by atomic mass is 9.73. The Bertz CT molecular complexity index is 498. The van der Waals surface area contributed by atoms with E-state index in [2.05, 4.69) is 5.10 Å². The van der Waals surface area contributed by atoms with Crippen LogP contribution in [0.15, 0.2) is 0 Å². The molecule has 2 rings (SSSR count). The summed E-state index contributed by atoms with van der Waals surface area (Å²) in [6, 6.07) is -0.544. The van der Waals surface area contributed by atoms with Gasteiger partial charge in [-0.1, -0.05) is 24.4 Å². The van der Waals surface area contributed by atoms with Crippen molar-refractivity contribution in [1.29, 1.82) is 0 Å². The quantitative estimate of drug-likeness (QED) is 0.923. The summed E-state index contributed by atoms with van der Waals surface area (Å²) in [4.78, 5) is 0. The number of aromatic nitrogens is 2. The summed E-state index contributed by atoms with van der Waals surface area (Å²) in [5.74, 6) is -1.83. The van der Waals surface area contributed by atoms with Gasteiger partial charge in [0.05, 0.1) is 11.6 Å². The standard InChI is InChI=1S/C14H21ClF3N3/c1-8-10(13(15)21(2)20-8)7-12(19)9-5-3-4-6-11(9)14(16,17)18/h9,11-12H,3-7,19H2,1-2H3. The average Bonchev–Trinajstić information content (AvgIpc) is 2.64. The summed E-state index contributed by atoms with van der Waals surface area (Å²) in [5, 5.41) is 4.64. The molecule has 0 saturated heterocycles. The molecule has 1 aromatic rings. The van der Waals surface area contributed by atoms with Crippen molar-refractivity contribution in [3.63, 3.8) is 0 Å². The molecule has 0 aromatic carbocycles. The van der Waals surface area contributed by atoms with Gasteiger partial charge in [0.2, 0.25) is 0 Å². The van der Waals surface area contributed by atoms with Crippen LogP contribution in [0.3, 0.4) is 0 Å². The van der Waals surface area contributed by atoms with Crippen molar-refractivity contribution in [2.45, 2.75) is 51.2 Å². The predicted octanol–water partition coefficient (Wildman–Crippen LogP) is 3.62. The van der Waals surface area contributed by atoms with Crippen molar-refractivity contribution in [2.75, 3.05) is 0 Å². The maximum atomic E-state index is 13.2. The first-order valence-corrected chi connectivity index (χ1v) is 7.60. The molecule has 2 N–H and O–H groups in total. The lowest BCUT2D eigenvalue weighted by Crippen LogP contribution is -2.44. The van der Waals surface area contributed by atoms with Gasteiger partial charge in [-0.2, -0.15) is 18.3 Å². The van der Waals surface area contributed by atoms with E-state index in [1.165, 1.54) is 4.68 Å². The summed E-state index contributed by atoms with van der Waals surface area (Å²) in [7, 11) is 1.71. The van der Waals surface area contributed by atoms with Gasteiger partial charge in [-0.15, -0.1) is 0 Å². The van der Waals surface area contributed by atoms with Gasteiger partial charge in [-0.25, -0.2) is 0 Å². The largest absolute Gasteiger partial charge is 0.392 e. The second-order valence-corrected chi connectivity index (χ2v) is 6.30. The molecule has 21 heavy (non-hydrogen) atoms. The fourth-order valence-corrected chi connectivity index (χ4v) is 3.62. The van der Waals surface area contributed by atoms with Crippen molar-refractivity contribution in [3.05, 3.63) is 16.4 Å². The smallest absolute Gasteiger partial charge is 0.327 e. The van der Waals surface area contributed by atoms with E-state index in [0.717, 1.165) is 17.7 Å². The molecule has 120 valence electrons. The Hall–Kier alpha value is -0.750. The van der Waals surface area contributed by atoms with Gasteiger partial charge < -0.3 is 5.73 Å². The van der Waals surface area contributed by atoms with Crippen molar-refractivity contribution < 1.29 is 13.2 Å². The lowest BCUT2D eigenvalue weighted by molar-refractivity contribution is -0.198. The van der Waals surface area contributed by atoms with E-state index in [-0.39, 0.29) is 6.42 Å². The van der Waals surface area contributed by atoms with Crippen LogP contribution in [0.1, 0.15) is 36.9 Å². The SMILES string of the molecule is Cc1nn(C)c(Cl)c1CC(N)C1CCCCC1C(F)(F)F. The van der Waals surface area contributed by atoms with Gasteiger partial charge in [-0.3, -0.25) is 4.68 Å². The van der Waals surface area contributed by atoms with Crippen LogP contribution in [0, 0.1) is 18.8 Å². The third-order valence-corrected chi connectivity index (χ3v) is 4.97. The number of hydrogen-bond acceptors (Lipinski definition) is 2. The van der Waals surface area contributed by atoms with Crippen LogP contribution < -0.4 is 5.73 Å². The highest BCUT2D eigenvalue weighted by molar-refractivity contribution is 6.30. The Morgan fingerprint density at radius 2 is 2.00 bits per heavy atom. The second kappa shape index (κ2) is 6.16. The fraction of sp³-hybridized carbons (Fsp3) is 0.786. The first kappa shape index (κ1) is 16.6. The molecule has 0 aliphatic heterocycles. The Morgan fingerprint density at radius 1 is 1.38 bits per heavy atom. The molecule has 1 aliphatic rings. The number of halogens is 4. The molecule has 7 heteroatoms. The number of rotatable bonds is 3. The first-order valence-electron chi connectivity index (χ1n) is 7.22. The first-order chi connectivity index (χ1) is 9.71. The normalized spacial score (nSPS) is 25.1. The van der Waals surface area contributed by atoms with E-state index < -0.39 is 24.1 Å². The maximum absolute atomic E-state index is 13.2. The highest BCUT2D eigenvalue weighted by atomic mass is 35.5. The Morgan fingerprint density at radius 3 is 2.52 bits per heavy atom. The van der Waals surface area contributed by atoms with Crippen LogP contribution >= 0.6 is 11.6 Å². The van der Waals surface area contributed by atoms with Crippen molar-refractivity contribution in [2.24, 2.45) is 24.6 Å². The third kappa shape index (κ3) is 3.54. The van der Waals surface area contributed by atoms with Crippen LogP contribution in [-0.2, 0) is 13.5 Å². The molecule has 1 saturated carbocycles. The van der Waals surface area contributed by atoms with Gasteiger partial charge in [0.1, 0.15) is 5.15 Å². The van der Waals surface area contributed by atoms with E-state index in [9.17, 15) is 13.2 Å². The summed E-state index contributed by atoms with van der Waals surface area (Å²) in [6.07, 6.45) is -1.68. The summed E-state index contributed by atoms with van der Waals surface area (Å²) in [5.41, 5.74) is 7.61. The number of hydrogen-bond donors (Lipinski definition) is 1. The minimum Gasteiger partial charge on any atom is -0.327 e. The third-order valence-electron chi connectivity index (χ3n) is 4.50. The second-order valence-electron chi connectivity index (χ2n) is 5.94. The van der Waals surface area contributed by atoms with Crippen LogP contribution in [0.4, 0.5) is 13.2 Å². The monoisotopic (exact) mass is 323 g/mol. The van der Waals surface area contributed by atoms with Crippen molar-refractivity contribution >= 4 is 11.6 Å². The number of aryl methyl sites for hydroxylation is 2. The predicted molar refractivity (Wildman–Crippen MR) is 76.1 cm³/mol. The summed E-state index contributed by atoms with van der Waals surface area (Å²) < 4.78 is 41.0. The zero-order valence-electron chi connectivity index (χ0n) is 12.3. The van der Waals surface area contributed by atoms with Crippen LogP contribution in [0.5, 0.6) is 0 Å². The molecule has 1 aliphatic carbocycles. The molecule has 0 radical (unpaired) electrons. The minimum absolute atomic E-state index is 0.182. The van der Waals surface area contributed by atoms with Gasteiger partial charge in [-0.05, 0) is 32.1 Å². The summed E-state index contributed by atoms with van der Waals surface area (Å²) in [6.45, 7) is 1.80. The Balaban J connectivity index is 2.16. The maximum Gasteiger partial charge on any atom is 0.392 e. The van der Waals surface area contributed by atoms with Gasteiger partial charge in [0, 0.05) is 18.7 Å². The number of nitrogens with two attached hydrogens (primary N) is 1. The molecule has 1 fully saturated rings. The number of nitrogens with zero attached hydrogens (tertiary/aromatic N) is 2. The summed E-state index contributed by atoms with van der Waals surface area (Å²) >= 11 is 6.15. The zero-order valence-corrected chi connectivity index (χ0v) is 13.0. The topological polar surface area (TPSA) is 43.8 Å². The molecule has 0 bridgehead atoms. The molecule has 3 atom stereocenters.